The van der Waals surface area contributed by atoms with E-state index < -0.39 is 0 Å². The van der Waals surface area contributed by atoms with Gasteiger partial charge in [0.15, 0.2) is 0 Å². The van der Waals surface area contributed by atoms with Crippen molar-refractivity contribution in [2.24, 2.45) is 39.6 Å². The molecule has 0 saturated heterocycles. The number of fused-ring (bicyclic) bond motifs is 5. The maximum Gasteiger partial charge on any atom is 0.271 e. The minimum atomic E-state index is -0.141. The lowest BCUT2D eigenvalue weighted by Crippen LogP contribution is -2.50. The normalized spacial score (nSPS) is 41.8. The van der Waals surface area contributed by atoms with Crippen molar-refractivity contribution in [3.8, 4) is 0 Å². The Kier molecular flexibility index (Phi) is 5.32. The summed E-state index contributed by atoms with van der Waals surface area (Å²) >= 11 is 0. The predicted octanol–water partition coefficient (Wildman–Crippen LogP) is 5.34. The van der Waals surface area contributed by atoms with Crippen LogP contribution in [0.4, 0.5) is 0 Å². The smallest absolute Gasteiger partial charge is 0.271 e. The van der Waals surface area contributed by atoms with Gasteiger partial charge in [0.2, 0.25) is 0 Å². The lowest BCUT2D eigenvalue weighted by Gasteiger charge is -2.57. The van der Waals surface area contributed by atoms with Crippen molar-refractivity contribution in [3.63, 3.8) is 0 Å². The molecule has 3 saturated carbocycles. The average Bonchev–Trinajstić information content (AvgIpc) is 3.11. The number of hydrogen-bond donors (Lipinski definition) is 2. The summed E-state index contributed by atoms with van der Waals surface area (Å²) in [5, 5.41) is 14.6. The van der Waals surface area contributed by atoms with Crippen molar-refractivity contribution < 1.29 is 9.90 Å². The van der Waals surface area contributed by atoms with Crippen molar-refractivity contribution >= 4 is 12.1 Å². The van der Waals surface area contributed by atoms with Gasteiger partial charge < -0.3 is 5.11 Å². The van der Waals surface area contributed by atoms with Crippen LogP contribution in [0.25, 0.3) is 0 Å². The highest BCUT2D eigenvalue weighted by molar-refractivity contribution is 5.94. The summed E-state index contributed by atoms with van der Waals surface area (Å²) in [5.74, 6) is 2.53. The highest BCUT2D eigenvalue weighted by Gasteiger charge is 2.58. The topological polar surface area (TPSA) is 61.7 Å². The monoisotopic (exact) mass is 420 g/mol. The number of nitrogens with one attached hydrogen (secondary N) is 1. The van der Waals surface area contributed by atoms with E-state index in [-0.39, 0.29) is 17.4 Å². The van der Waals surface area contributed by atoms with Crippen molar-refractivity contribution in [1.29, 1.82) is 0 Å². The van der Waals surface area contributed by atoms with Gasteiger partial charge in [0.05, 0.1) is 6.10 Å². The van der Waals surface area contributed by atoms with E-state index in [9.17, 15) is 9.90 Å². The Labute approximate surface area is 186 Å². The van der Waals surface area contributed by atoms with E-state index in [0.29, 0.717) is 16.9 Å². The molecule has 0 aliphatic heterocycles. The van der Waals surface area contributed by atoms with E-state index in [1.165, 1.54) is 37.7 Å². The molecule has 1 aromatic carbocycles. The van der Waals surface area contributed by atoms with Crippen LogP contribution in [0.5, 0.6) is 0 Å². The summed E-state index contributed by atoms with van der Waals surface area (Å²) in [6.45, 7) is 4.96. The number of carbonyl (C=O) groups is 1. The van der Waals surface area contributed by atoms with Gasteiger partial charge in [-0.05, 0) is 92.1 Å². The van der Waals surface area contributed by atoms with Gasteiger partial charge in [0, 0.05) is 17.7 Å². The molecular weight excluding hydrogens is 384 g/mol. The van der Waals surface area contributed by atoms with E-state index in [4.69, 9.17) is 0 Å². The van der Waals surface area contributed by atoms with Gasteiger partial charge in [-0.25, -0.2) is 5.43 Å². The van der Waals surface area contributed by atoms with Gasteiger partial charge in [-0.15, -0.1) is 0 Å². The Morgan fingerprint density at radius 3 is 2.71 bits per heavy atom. The summed E-state index contributed by atoms with van der Waals surface area (Å²) in [6, 6.07) is 9.28. The summed E-state index contributed by atoms with van der Waals surface area (Å²) in [6.07, 6.45) is 13.5. The summed E-state index contributed by atoms with van der Waals surface area (Å²) in [4.78, 5) is 12.3. The first-order valence-corrected chi connectivity index (χ1v) is 12.2. The molecule has 4 nitrogen and oxygen atoms in total. The minimum absolute atomic E-state index is 0.136. The molecule has 4 aliphatic rings. The molecule has 31 heavy (non-hydrogen) atoms. The Balaban J connectivity index is 1.29. The quantitative estimate of drug-likeness (QED) is 0.394. The van der Waals surface area contributed by atoms with E-state index in [1.807, 2.05) is 36.5 Å². The molecule has 7 atom stereocenters. The van der Waals surface area contributed by atoms with Gasteiger partial charge in [-0.2, -0.15) is 5.10 Å². The molecule has 4 heteroatoms. The van der Waals surface area contributed by atoms with Crippen molar-refractivity contribution in [1.82, 2.24) is 5.43 Å². The number of hydrazone groups is 1. The highest BCUT2D eigenvalue weighted by Crippen LogP contribution is 2.65. The first-order chi connectivity index (χ1) is 14.9. The van der Waals surface area contributed by atoms with Crippen molar-refractivity contribution in [3.05, 3.63) is 47.5 Å². The molecule has 0 bridgehead atoms. The molecule has 0 unspecified atom stereocenters. The molecular formula is C27H36N2O2. The largest absolute Gasteiger partial charge is 0.393 e. The lowest BCUT2D eigenvalue weighted by molar-refractivity contribution is -0.0419. The molecule has 0 spiro atoms. The zero-order chi connectivity index (χ0) is 21.6. The Morgan fingerprint density at radius 2 is 1.90 bits per heavy atom. The molecule has 3 fully saturated rings. The maximum atomic E-state index is 12.3. The van der Waals surface area contributed by atoms with E-state index in [2.05, 4.69) is 30.5 Å². The lowest BCUT2D eigenvalue weighted by atomic mass is 9.47. The Bertz CT molecular complexity index is 894. The number of allylic oxidation sites excluding steroid dienone is 1. The summed E-state index contributed by atoms with van der Waals surface area (Å²) in [5.41, 5.74) is 5.49. The second-order valence-electron chi connectivity index (χ2n) is 11.0. The fraction of sp³-hybridized carbons (Fsp3) is 0.630. The van der Waals surface area contributed by atoms with Gasteiger partial charge in [-0.1, -0.05) is 43.7 Å². The van der Waals surface area contributed by atoms with Crippen LogP contribution in [0.3, 0.4) is 0 Å². The van der Waals surface area contributed by atoms with Crippen LogP contribution >= 0.6 is 0 Å². The SMILES string of the molecule is C[C@]12CC[C@H]3[C@@H](CC=C4C[C@@H](O)CC[C@@]43C)[C@@H]1CC[C@@H]2/C=N/NC(=O)c1ccccc1. The number of hydrogen-bond acceptors (Lipinski definition) is 3. The third-order valence-electron chi connectivity index (χ3n) is 9.61. The Morgan fingerprint density at radius 1 is 1.10 bits per heavy atom. The second-order valence-corrected chi connectivity index (χ2v) is 11.0. The Hall–Kier alpha value is -1.94. The number of rotatable bonds is 3. The first-order valence-electron chi connectivity index (χ1n) is 12.2. The standard InChI is InChI=1S/C27H36N2O2/c1-26-14-12-21(30)16-19(26)8-10-22-23-11-9-20(27(23,2)15-13-24(22)26)17-28-29-25(31)18-6-4-3-5-7-18/h3-8,17,20-24,30H,9-16H2,1-2H3,(H,29,31)/b28-17+/t20-,21+,22+,23+,24+,26+,27-/m1/s1. The van der Waals surface area contributed by atoms with Crippen LogP contribution in [0.15, 0.2) is 47.1 Å². The first kappa shape index (κ1) is 20.9. The van der Waals surface area contributed by atoms with Crippen molar-refractivity contribution in [2.75, 3.05) is 0 Å². The van der Waals surface area contributed by atoms with Gasteiger partial charge in [0.25, 0.3) is 5.91 Å². The number of amides is 1. The number of benzene rings is 1. The number of aliphatic hydroxyl groups is 1. The van der Waals surface area contributed by atoms with E-state index in [1.54, 1.807) is 0 Å². The van der Waals surface area contributed by atoms with Gasteiger partial charge >= 0.3 is 0 Å². The fourth-order valence-electron chi connectivity index (χ4n) is 7.77. The molecule has 5 rings (SSSR count). The molecule has 166 valence electrons. The minimum Gasteiger partial charge on any atom is -0.393 e. The highest BCUT2D eigenvalue weighted by atomic mass is 16.3. The third-order valence-corrected chi connectivity index (χ3v) is 9.61. The van der Waals surface area contributed by atoms with Crippen LogP contribution in [0.2, 0.25) is 0 Å². The zero-order valence-electron chi connectivity index (χ0n) is 18.9. The molecule has 1 amide bonds. The van der Waals surface area contributed by atoms with E-state index >= 15 is 0 Å². The number of aliphatic hydroxyl groups excluding tert-OH is 1. The number of nitrogens with zero attached hydrogens (tertiary/aromatic N) is 1. The summed E-state index contributed by atoms with van der Waals surface area (Å²) in [7, 11) is 0. The molecule has 2 N–H and O–H groups in total. The zero-order valence-corrected chi connectivity index (χ0v) is 18.9. The molecule has 0 heterocycles. The van der Waals surface area contributed by atoms with Crippen LogP contribution in [-0.2, 0) is 0 Å². The molecule has 0 aromatic heterocycles. The van der Waals surface area contributed by atoms with E-state index in [0.717, 1.165) is 37.0 Å². The molecule has 4 aliphatic carbocycles. The van der Waals surface area contributed by atoms with Crippen LogP contribution < -0.4 is 5.43 Å². The van der Waals surface area contributed by atoms with Gasteiger partial charge in [0.1, 0.15) is 0 Å². The van der Waals surface area contributed by atoms with Crippen LogP contribution in [0, 0.1) is 34.5 Å². The van der Waals surface area contributed by atoms with Crippen molar-refractivity contribution in [2.45, 2.75) is 71.3 Å². The van der Waals surface area contributed by atoms with Gasteiger partial charge in [-0.3, -0.25) is 4.79 Å². The number of carbonyl (C=O) groups excluding carboxylic acids is 1. The average molecular weight is 421 g/mol. The molecule has 1 aromatic rings. The second kappa shape index (κ2) is 7.88. The molecule has 0 radical (unpaired) electrons. The maximum absolute atomic E-state index is 12.3. The fourth-order valence-corrected chi connectivity index (χ4v) is 7.77. The van der Waals surface area contributed by atoms with Crippen LogP contribution in [-0.4, -0.2) is 23.3 Å². The summed E-state index contributed by atoms with van der Waals surface area (Å²) < 4.78 is 0. The third kappa shape index (κ3) is 3.47. The van der Waals surface area contributed by atoms with Crippen LogP contribution in [0.1, 0.15) is 75.6 Å². The predicted molar refractivity (Wildman–Crippen MR) is 124 cm³/mol.